The lowest BCUT2D eigenvalue weighted by molar-refractivity contribution is -0.236. The van der Waals surface area contributed by atoms with Crippen LogP contribution in [0.1, 0.15) is 80.1 Å². The molecule has 0 radical (unpaired) electrons. The molecule has 1 heterocycles. The van der Waals surface area contributed by atoms with E-state index < -0.39 is 85.4 Å². The molecule has 3 amide bonds. The van der Waals surface area contributed by atoms with E-state index in [9.17, 15) is 54.9 Å². The highest BCUT2D eigenvalue weighted by molar-refractivity contribution is 5.95. The molecule has 2 aromatic rings. The van der Waals surface area contributed by atoms with E-state index >= 15 is 0 Å². The number of aryl methyl sites for hydroxylation is 2. The lowest BCUT2D eigenvalue weighted by Gasteiger charge is -2.48. The van der Waals surface area contributed by atoms with E-state index in [1.54, 1.807) is 19.9 Å². The molecule has 8 atom stereocenters. The second kappa shape index (κ2) is 16.3. The van der Waals surface area contributed by atoms with E-state index in [1.165, 1.54) is 30.3 Å². The summed E-state index contributed by atoms with van der Waals surface area (Å²) in [7, 11) is 0. The molecule has 2 aromatic carbocycles. The van der Waals surface area contributed by atoms with Gasteiger partial charge in [0.05, 0.1) is 24.4 Å². The number of carbonyl (C=O) groups excluding carboxylic acids is 3. The molecule has 15 heteroatoms. The van der Waals surface area contributed by atoms with Crippen LogP contribution >= 0.6 is 0 Å². The minimum absolute atomic E-state index is 0.0159. The molecular weight excluding hydrogens is 654 g/mol. The Morgan fingerprint density at radius 1 is 1.00 bits per heavy atom. The summed E-state index contributed by atoms with van der Waals surface area (Å²) in [6, 6.07) is 7.42. The molecule has 1 unspecified atom stereocenters. The van der Waals surface area contributed by atoms with E-state index in [2.05, 4.69) is 16.0 Å². The van der Waals surface area contributed by atoms with Crippen molar-refractivity contribution in [1.29, 1.82) is 0 Å². The van der Waals surface area contributed by atoms with Crippen LogP contribution < -0.4 is 16.0 Å². The molecule has 1 aliphatic heterocycles. The SMILES string of the molecule is CC(=O)N[C@H]1[C@H]([C@H](O)[C@H](O)CNC(=O)c2cc(C)c(O)c(C)c2)O[C@@](CC(O)[C@@H](O)c2cccc(NC(=O)CC(C)(C)C)c2)(C(=O)O)C[C@@H]1O. The number of anilines is 1. The fraction of sp³-hybridized carbons (Fsp3) is 0.543. The van der Waals surface area contributed by atoms with Crippen LogP contribution in [0.15, 0.2) is 36.4 Å². The third-order valence-electron chi connectivity index (χ3n) is 8.49. The number of benzene rings is 2. The first kappa shape index (κ1) is 40.3. The summed E-state index contributed by atoms with van der Waals surface area (Å²) in [5.74, 6) is -3.24. The Morgan fingerprint density at radius 3 is 2.18 bits per heavy atom. The molecule has 1 fully saturated rings. The lowest BCUT2D eigenvalue weighted by Crippen LogP contribution is -2.68. The number of aliphatic hydroxyl groups is 5. The van der Waals surface area contributed by atoms with E-state index in [1.807, 2.05) is 20.8 Å². The van der Waals surface area contributed by atoms with Gasteiger partial charge in [0.15, 0.2) is 5.60 Å². The highest BCUT2D eigenvalue weighted by Gasteiger charge is 2.55. The highest BCUT2D eigenvalue weighted by Crippen LogP contribution is 2.38. The second-order valence-corrected chi connectivity index (χ2v) is 14.2. The number of ether oxygens (including phenoxy) is 1. The summed E-state index contributed by atoms with van der Waals surface area (Å²) in [6.45, 7) is 9.44. The Morgan fingerprint density at radius 2 is 1.62 bits per heavy atom. The number of hydrogen-bond acceptors (Lipinski definition) is 11. The molecule has 0 bridgehead atoms. The van der Waals surface area contributed by atoms with Gasteiger partial charge in [-0.2, -0.15) is 0 Å². The molecule has 276 valence electrons. The van der Waals surface area contributed by atoms with Crippen LogP contribution in [0.3, 0.4) is 0 Å². The normalized spacial score (nSPS) is 23.2. The zero-order valence-electron chi connectivity index (χ0n) is 29.0. The van der Waals surface area contributed by atoms with Crippen LogP contribution in [-0.2, 0) is 19.1 Å². The number of carboxylic acids is 1. The second-order valence-electron chi connectivity index (χ2n) is 14.2. The van der Waals surface area contributed by atoms with Gasteiger partial charge in [-0.25, -0.2) is 4.79 Å². The van der Waals surface area contributed by atoms with Gasteiger partial charge in [-0.15, -0.1) is 0 Å². The van der Waals surface area contributed by atoms with Gasteiger partial charge in [0.25, 0.3) is 5.91 Å². The Labute approximate surface area is 290 Å². The minimum Gasteiger partial charge on any atom is -0.507 e. The van der Waals surface area contributed by atoms with E-state index in [-0.39, 0.29) is 34.6 Å². The summed E-state index contributed by atoms with van der Waals surface area (Å²) in [5, 5.41) is 83.2. The third-order valence-corrected chi connectivity index (χ3v) is 8.49. The lowest BCUT2D eigenvalue weighted by atomic mass is 9.79. The zero-order valence-corrected chi connectivity index (χ0v) is 29.0. The Hall–Kier alpha value is -4.12. The number of rotatable bonds is 13. The number of phenols is 1. The summed E-state index contributed by atoms with van der Waals surface area (Å²) in [5.41, 5.74) is -1.20. The average molecular weight is 704 g/mol. The number of carboxylic acid groups (broad SMARTS) is 1. The van der Waals surface area contributed by atoms with Gasteiger partial charge in [0.1, 0.15) is 24.1 Å². The summed E-state index contributed by atoms with van der Waals surface area (Å²) < 4.78 is 5.87. The highest BCUT2D eigenvalue weighted by atomic mass is 16.6. The van der Waals surface area contributed by atoms with Crippen LogP contribution in [-0.4, -0.2) is 108 Å². The third kappa shape index (κ3) is 10.2. The van der Waals surface area contributed by atoms with Gasteiger partial charge < -0.3 is 56.4 Å². The van der Waals surface area contributed by atoms with Crippen molar-refractivity contribution in [2.45, 2.75) is 109 Å². The van der Waals surface area contributed by atoms with Crippen molar-refractivity contribution in [3.8, 4) is 5.75 Å². The van der Waals surface area contributed by atoms with Crippen LogP contribution in [0.2, 0.25) is 0 Å². The molecule has 1 saturated heterocycles. The van der Waals surface area contributed by atoms with Crippen molar-refractivity contribution in [1.82, 2.24) is 10.6 Å². The zero-order chi connectivity index (χ0) is 37.7. The molecule has 0 saturated carbocycles. The van der Waals surface area contributed by atoms with Crippen LogP contribution in [0.4, 0.5) is 5.69 Å². The fourth-order valence-electron chi connectivity index (χ4n) is 6.00. The van der Waals surface area contributed by atoms with E-state index in [0.29, 0.717) is 16.8 Å². The number of phenolic OH excluding ortho intramolecular Hbond substituents is 1. The van der Waals surface area contributed by atoms with Gasteiger partial charge >= 0.3 is 5.97 Å². The van der Waals surface area contributed by atoms with Crippen molar-refractivity contribution in [2.24, 2.45) is 5.41 Å². The fourth-order valence-corrected chi connectivity index (χ4v) is 6.00. The first-order valence-corrected chi connectivity index (χ1v) is 16.2. The summed E-state index contributed by atoms with van der Waals surface area (Å²) in [4.78, 5) is 50.0. The van der Waals surface area contributed by atoms with Gasteiger partial charge in [-0.1, -0.05) is 32.9 Å². The van der Waals surface area contributed by atoms with Gasteiger partial charge in [0.2, 0.25) is 11.8 Å². The number of nitrogens with one attached hydrogen (secondary N) is 3. The molecule has 10 N–H and O–H groups in total. The predicted octanol–water partition coefficient (Wildman–Crippen LogP) is 0.798. The standard InChI is InChI=1S/C35H49N3O12/c1-17-10-21(11-18(2)28(17)44)32(47)36-16-25(42)30(46)31-27(37-19(3)39)23(40)13-35(50-31,33(48)49)14-24(41)29(45)20-8-7-9-22(12-20)38-26(43)15-34(4,5)6/h7-12,23-25,27,29-31,40-42,44-46H,13-16H2,1-6H3,(H,36,47)(H,37,39)(H,38,43)(H,48,49)/t23-,24?,25+,27+,29-,30+,31+,35-/m0/s1. The maximum absolute atomic E-state index is 12.8. The molecule has 0 spiro atoms. The van der Waals surface area contributed by atoms with Gasteiger partial charge in [-0.3, -0.25) is 14.4 Å². The molecule has 15 nitrogen and oxygen atoms in total. The molecule has 50 heavy (non-hydrogen) atoms. The molecule has 0 aromatic heterocycles. The monoisotopic (exact) mass is 703 g/mol. The first-order valence-electron chi connectivity index (χ1n) is 16.2. The quantitative estimate of drug-likeness (QED) is 0.139. The van der Waals surface area contributed by atoms with Gasteiger partial charge in [-0.05, 0) is 60.2 Å². The number of hydrogen-bond donors (Lipinski definition) is 10. The topological polar surface area (TPSA) is 255 Å². The molecule has 3 rings (SSSR count). The van der Waals surface area contributed by atoms with Crippen LogP contribution in [0, 0.1) is 19.3 Å². The Balaban J connectivity index is 1.82. The van der Waals surface area contributed by atoms with Crippen LogP contribution in [0.25, 0.3) is 0 Å². The van der Waals surface area contributed by atoms with Crippen molar-refractivity contribution >= 4 is 29.4 Å². The van der Waals surface area contributed by atoms with Gasteiger partial charge in [0, 0.05) is 44.0 Å². The number of amides is 3. The van der Waals surface area contributed by atoms with Crippen LogP contribution in [0.5, 0.6) is 5.75 Å². The predicted molar refractivity (Wildman–Crippen MR) is 180 cm³/mol. The molecule has 0 aliphatic carbocycles. The molecular formula is C35H49N3O12. The smallest absolute Gasteiger partial charge is 0.336 e. The maximum atomic E-state index is 12.8. The van der Waals surface area contributed by atoms with Crippen molar-refractivity contribution in [2.75, 3.05) is 11.9 Å². The van der Waals surface area contributed by atoms with Crippen molar-refractivity contribution in [3.63, 3.8) is 0 Å². The van der Waals surface area contributed by atoms with Crippen molar-refractivity contribution in [3.05, 3.63) is 58.7 Å². The summed E-state index contributed by atoms with van der Waals surface area (Å²) in [6.07, 6.45) is -12.0. The Bertz CT molecular complexity index is 1540. The van der Waals surface area contributed by atoms with E-state index in [0.717, 1.165) is 6.92 Å². The minimum atomic E-state index is -2.43. The summed E-state index contributed by atoms with van der Waals surface area (Å²) >= 11 is 0. The number of carbonyl (C=O) groups is 4. The number of aliphatic carboxylic acids is 1. The largest absolute Gasteiger partial charge is 0.507 e. The number of aliphatic hydroxyl groups excluding tert-OH is 5. The maximum Gasteiger partial charge on any atom is 0.336 e. The van der Waals surface area contributed by atoms with E-state index in [4.69, 9.17) is 4.74 Å². The first-order chi connectivity index (χ1) is 23.1. The number of aromatic hydroxyl groups is 1. The Kier molecular flexibility index (Phi) is 13.1. The van der Waals surface area contributed by atoms with Crippen molar-refractivity contribution < 1.29 is 59.7 Å². The average Bonchev–Trinajstić information content (AvgIpc) is 3.01. The molecule has 1 aliphatic rings.